The van der Waals surface area contributed by atoms with Gasteiger partial charge in [0, 0.05) is 31.0 Å². The largest absolute Gasteiger partial charge is 0.352 e. The highest BCUT2D eigenvalue weighted by Crippen LogP contribution is 2.17. The number of benzene rings is 1. The van der Waals surface area contributed by atoms with Gasteiger partial charge in [0.1, 0.15) is 5.82 Å². The Balaban J connectivity index is 1.89. The molecule has 6 heteroatoms. The lowest BCUT2D eigenvalue weighted by molar-refractivity contribution is -0.114. The van der Waals surface area contributed by atoms with Crippen molar-refractivity contribution >= 4 is 29.0 Å². The second-order valence-electron chi connectivity index (χ2n) is 5.78. The Bertz CT molecular complexity index is 696. The van der Waals surface area contributed by atoms with Gasteiger partial charge < -0.3 is 16.0 Å². The van der Waals surface area contributed by atoms with Crippen molar-refractivity contribution in [1.82, 2.24) is 10.3 Å². The van der Waals surface area contributed by atoms with Crippen LogP contribution in [0.25, 0.3) is 0 Å². The fourth-order valence-corrected chi connectivity index (χ4v) is 2.27. The predicted octanol–water partition coefficient (Wildman–Crippen LogP) is 3.70. The molecule has 25 heavy (non-hydrogen) atoms. The van der Waals surface area contributed by atoms with E-state index in [1.807, 2.05) is 24.3 Å². The molecule has 1 aromatic heterocycles. The Kier molecular flexibility index (Phi) is 6.95. The van der Waals surface area contributed by atoms with Crippen molar-refractivity contribution in [3.05, 3.63) is 48.2 Å². The number of nitrogens with zero attached hydrogens (tertiary/aromatic N) is 1. The highest BCUT2D eigenvalue weighted by Gasteiger charge is 2.05. The molecule has 0 atom stereocenters. The first-order chi connectivity index (χ1) is 12.1. The molecule has 0 bridgehead atoms. The quantitative estimate of drug-likeness (QED) is 0.640. The van der Waals surface area contributed by atoms with E-state index < -0.39 is 0 Å². The molecule has 0 saturated carbocycles. The minimum atomic E-state index is -0.106. The number of carbonyl (C=O) groups excluding carboxylic acids is 2. The van der Waals surface area contributed by atoms with Gasteiger partial charge in [-0.3, -0.25) is 9.59 Å². The van der Waals surface area contributed by atoms with Crippen LogP contribution in [0.4, 0.5) is 17.2 Å². The maximum absolute atomic E-state index is 12.0. The molecule has 1 aromatic carbocycles. The van der Waals surface area contributed by atoms with Gasteiger partial charge in [0.25, 0.3) is 5.91 Å². The Hall–Kier alpha value is -2.89. The molecule has 2 amide bonds. The summed E-state index contributed by atoms with van der Waals surface area (Å²) in [5.74, 6) is 0.440. The number of hydrogen-bond donors (Lipinski definition) is 3. The summed E-state index contributed by atoms with van der Waals surface area (Å²) in [6.45, 7) is 4.29. The van der Waals surface area contributed by atoms with Gasteiger partial charge >= 0.3 is 0 Å². The van der Waals surface area contributed by atoms with E-state index in [9.17, 15) is 9.59 Å². The molecule has 0 radical (unpaired) electrons. The first-order valence-electron chi connectivity index (χ1n) is 8.47. The Morgan fingerprint density at radius 3 is 2.32 bits per heavy atom. The fraction of sp³-hybridized carbons (Fsp3) is 0.316. The Morgan fingerprint density at radius 2 is 1.72 bits per heavy atom. The number of rotatable bonds is 8. The maximum Gasteiger partial charge on any atom is 0.252 e. The van der Waals surface area contributed by atoms with Gasteiger partial charge in [-0.15, -0.1) is 0 Å². The lowest BCUT2D eigenvalue weighted by Crippen LogP contribution is -2.24. The molecular weight excluding hydrogens is 316 g/mol. The molecular formula is C19H24N4O2. The number of carbonyl (C=O) groups is 2. The van der Waals surface area contributed by atoms with Gasteiger partial charge in [-0.25, -0.2) is 4.98 Å². The lowest BCUT2D eigenvalue weighted by atomic mass is 10.2. The maximum atomic E-state index is 12.0. The van der Waals surface area contributed by atoms with Gasteiger partial charge in [0.2, 0.25) is 5.91 Å². The molecule has 0 fully saturated rings. The zero-order valence-corrected chi connectivity index (χ0v) is 14.6. The van der Waals surface area contributed by atoms with E-state index in [1.165, 1.54) is 6.92 Å². The third kappa shape index (κ3) is 6.25. The topological polar surface area (TPSA) is 83.1 Å². The number of pyridine rings is 1. The number of unbranched alkanes of at least 4 members (excludes halogenated alkanes) is 2. The third-order valence-corrected chi connectivity index (χ3v) is 3.57. The standard InChI is InChI=1S/C19H24N4O2/c1-3-4-5-12-20-19(25)15-6-11-18(21-13-15)23-17-9-7-16(8-10-17)22-14(2)24/h6-11,13H,3-5,12H2,1-2H3,(H,20,25)(H,21,23)(H,22,24). The summed E-state index contributed by atoms with van der Waals surface area (Å²) in [6, 6.07) is 10.8. The van der Waals surface area contributed by atoms with Crippen LogP contribution >= 0.6 is 0 Å². The molecule has 0 aliphatic carbocycles. The van der Waals surface area contributed by atoms with Crippen LogP contribution in [0.2, 0.25) is 0 Å². The SMILES string of the molecule is CCCCCNC(=O)c1ccc(Nc2ccc(NC(C)=O)cc2)nc1. The van der Waals surface area contributed by atoms with Crippen LogP contribution in [-0.2, 0) is 4.79 Å². The van der Waals surface area contributed by atoms with Crippen molar-refractivity contribution < 1.29 is 9.59 Å². The van der Waals surface area contributed by atoms with Crippen molar-refractivity contribution in [2.24, 2.45) is 0 Å². The summed E-state index contributed by atoms with van der Waals surface area (Å²) in [6.07, 6.45) is 4.79. The molecule has 0 spiro atoms. The summed E-state index contributed by atoms with van der Waals surface area (Å²) >= 11 is 0. The van der Waals surface area contributed by atoms with Crippen LogP contribution in [0, 0.1) is 0 Å². The third-order valence-electron chi connectivity index (χ3n) is 3.57. The van der Waals surface area contributed by atoms with Crippen LogP contribution < -0.4 is 16.0 Å². The average Bonchev–Trinajstić information content (AvgIpc) is 2.60. The molecule has 2 rings (SSSR count). The first kappa shape index (κ1) is 18.4. The van der Waals surface area contributed by atoms with Crippen LogP contribution in [0.15, 0.2) is 42.6 Å². The van der Waals surface area contributed by atoms with Gasteiger partial charge in [0.15, 0.2) is 0 Å². The van der Waals surface area contributed by atoms with Crippen molar-refractivity contribution in [1.29, 1.82) is 0 Å². The zero-order chi connectivity index (χ0) is 18.1. The Labute approximate surface area is 148 Å². The number of nitrogens with one attached hydrogen (secondary N) is 3. The highest BCUT2D eigenvalue weighted by molar-refractivity contribution is 5.94. The second-order valence-corrected chi connectivity index (χ2v) is 5.78. The van der Waals surface area contributed by atoms with E-state index in [1.54, 1.807) is 18.3 Å². The van der Waals surface area contributed by atoms with E-state index in [2.05, 4.69) is 27.9 Å². The Morgan fingerprint density at radius 1 is 1.00 bits per heavy atom. The van der Waals surface area contributed by atoms with E-state index >= 15 is 0 Å². The number of aromatic nitrogens is 1. The van der Waals surface area contributed by atoms with Gasteiger partial charge in [-0.05, 0) is 42.8 Å². The van der Waals surface area contributed by atoms with Gasteiger partial charge in [-0.1, -0.05) is 19.8 Å². The van der Waals surface area contributed by atoms with E-state index in [-0.39, 0.29) is 11.8 Å². The molecule has 0 unspecified atom stereocenters. The van der Waals surface area contributed by atoms with Crippen molar-refractivity contribution in [2.45, 2.75) is 33.1 Å². The summed E-state index contributed by atoms with van der Waals surface area (Å²) < 4.78 is 0. The van der Waals surface area contributed by atoms with Gasteiger partial charge in [-0.2, -0.15) is 0 Å². The molecule has 6 nitrogen and oxygen atoms in total. The fourth-order valence-electron chi connectivity index (χ4n) is 2.27. The second kappa shape index (κ2) is 9.42. The number of amides is 2. The number of hydrogen-bond acceptors (Lipinski definition) is 4. The summed E-state index contributed by atoms with van der Waals surface area (Å²) in [5, 5.41) is 8.76. The summed E-state index contributed by atoms with van der Waals surface area (Å²) in [4.78, 5) is 27.3. The van der Waals surface area contributed by atoms with E-state index in [0.29, 0.717) is 17.9 Å². The van der Waals surface area contributed by atoms with Crippen molar-refractivity contribution in [3.8, 4) is 0 Å². The molecule has 2 aromatic rings. The highest BCUT2D eigenvalue weighted by atomic mass is 16.2. The predicted molar refractivity (Wildman–Crippen MR) is 100 cm³/mol. The minimum Gasteiger partial charge on any atom is -0.352 e. The monoisotopic (exact) mass is 340 g/mol. The molecule has 0 aliphatic rings. The molecule has 0 aliphatic heterocycles. The average molecular weight is 340 g/mol. The van der Waals surface area contributed by atoms with E-state index in [4.69, 9.17) is 0 Å². The molecule has 3 N–H and O–H groups in total. The molecule has 1 heterocycles. The minimum absolute atomic E-state index is 0.102. The van der Waals surface area contributed by atoms with Gasteiger partial charge in [0.05, 0.1) is 5.56 Å². The normalized spacial score (nSPS) is 10.2. The van der Waals surface area contributed by atoms with Crippen molar-refractivity contribution in [3.63, 3.8) is 0 Å². The number of anilines is 3. The summed E-state index contributed by atoms with van der Waals surface area (Å²) in [7, 11) is 0. The van der Waals surface area contributed by atoms with Crippen LogP contribution in [0.5, 0.6) is 0 Å². The van der Waals surface area contributed by atoms with Crippen LogP contribution in [0.3, 0.4) is 0 Å². The van der Waals surface area contributed by atoms with Crippen LogP contribution in [-0.4, -0.2) is 23.3 Å². The zero-order valence-electron chi connectivity index (χ0n) is 14.6. The molecule has 0 saturated heterocycles. The van der Waals surface area contributed by atoms with Crippen molar-refractivity contribution in [2.75, 3.05) is 17.2 Å². The smallest absolute Gasteiger partial charge is 0.252 e. The van der Waals surface area contributed by atoms with E-state index in [0.717, 1.165) is 30.6 Å². The molecule has 132 valence electrons. The lowest BCUT2D eigenvalue weighted by Gasteiger charge is -2.08. The van der Waals surface area contributed by atoms with Crippen LogP contribution in [0.1, 0.15) is 43.5 Å². The summed E-state index contributed by atoms with van der Waals surface area (Å²) in [5.41, 5.74) is 2.13. The first-order valence-corrected chi connectivity index (χ1v) is 8.47.